The molecule has 0 radical (unpaired) electrons. The van der Waals surface area contributed by atoms with Gasteiger partial charge in [0.25, 0.3) is 0 Å². The zero-order valence-electron chi connectivity index (χ0n) is 16.1. The van der Waals surface area contributed by atoms with Gasteiger partial charge in [-0.25, -0.2) is 9.98 Å². The third-order valence-electron chi connectivity index (χ3n) is 4.42. The molecular weight excluding hydrogens is 477 g/mol. The third kappa shape index (κ3) is 6.68. The number of hydrogen-bond acceptors (Lipinski definition) is 6. The van der Waals surface area contributed by atoms with E-state index in [0.29, 0.717) is 6.54 Å². The van der Waals surface area contributed by atoms with Crippen molar-refractivity contribution in [2.24, 2.45) is 12.0 Å². The van der Waals surface area contributed by atoms with Gasteiger partial charge in [-0.1, -0.05) is 0 Å². The molecule has 2 N–H and O–H groups in total. The predicted octanol–water partition coefficient (Wildman–Crippen LogP) is 1.96. The number of ether oxygens (including phenoxy) is 1. The van der Waals surface area contributed by atoms with E-state index in [1.54, 1.807) is 11.3 Å². The topological polar surface area (TPSA) is 89.3 Å². The van der Waals surface area contributed by atoms with Crippen molar-refractivity contribution in [3.8, 4) is 0 Å². The van der Waals surface area contributed by atoms with Crippen LogP contribution in [0.3, 0.4) is 0 Å². The molecule has 0 bridgehead atoms. The Hall–Kier alpha value is -1.27. The van der Waals surface area contributed by atoms with Crippen LogP contribution >= 0.6 is 35.3 Å². The van der Waals surface area contributed by atoms with Gasteiger partial charge in [-0.3, -0.25) is 0 Å². The Balaban J connectivity index is 0.00000261. The fourth-order valence-corrected chi connectivity index (χ4v) is 3.41. The molecule has 0 aliphatic carbocycles. The van der Waals surface area contributed by atoms with Gasteiger partial charge in [-0.05, 0) is 26.7 Å². The molecule has 27 heavy (non-hydrogen) atoms. The average molecular weight is 505 g/mol. The molecule has 8 nitrogen and oxygen atoms in total. The smallest absolute Gasteiger partial charge is 0.191 e. The Kier molecular flexibility index (Phi) is 8.90. The molecule has 1 aliphatic heterocycles. The minimum Gasteiger partial charge on any atom is -0.376 e. The quantitative estimate of drug-likeness (QED) is 0.340. The lowest BCUT2D eigenvalue weighted by molar-refractivity contribution is 0.114. The summed E-state index contributed by atoms with van der Waals surface area (Å²) in [6.45, 7) is 6.84. The third-order valence-corrected chi connectivity index (χ3v) is 5.24. The highest BCUT2D eigenvalue weighted by Crippen LogP contribution is 2.10. The molecule has 1 fully saturated rings. The molecule has 3 rings (SSSR count). The van der Waals surface area contributed by atoms with Gasteiger partial charge in [-0.15, -0.1) is 45.5 Å². The summed E-state index contributed by atoms with van der Waals surface area (Å²) in [5.74, 6) is 2.50. The lowest BCUT2D eigenvalue weighted by Gasteiger charge is -2.15. The molecular formula is C17H28IN7OS. The normalized spacial score (nSPS) is 17.0. The van der Waals surface area contributed by atoms with E-state index in [1.807, 2.05) is 25.5 Å². The van der Waals surface area contributed by atoms with Crippen molar-refractivity contribution in [3.63, 3.8) is 0 Å². The van der Waals surface area contributed by atoms with Crippen LogP contribution < -0.4 is 10.6 Å². The van der Waals surface area contributed by atoms with E-state index in [-0.39, 0.29) is 30.1 Å². The fourth-order valence-electron chi connectivity index (χ4n) is 2.76. The van der Waals surface area contributed by atoms with E-state index < -0.39 is 0 Å². The highest BCUT2D eigenvalue weighted by molar-refractivity contribution is 14.0. The van der Waals surface area contributed by atoms with Crippen LogP contribution in [0.2, 0.25) is 0 Å². The van der Waals surface area contributed by atoms with Crippen LogP contribution in [0.25, 0.3) is 0 Å². The number of nitrogens with zero attached hydrogens (tertiary/aromatic N) is 5. The average Bonchev–Trinajstić information content (AvgIpc) is 3.35. The molecule has 1 saturated heterocycles. The van der Waals surface area contributed by atoms with Crippen molar-refractivity contribution in [1.82, 2.24) is 30.4 Å². The van der Waals surface area contributed by atoms with Crippen LogP contribution in [-0.2, 0) is 24.8 Å². The van der Waals surface area contributed by atoms with Crippen LogP contribution in [0.15, 0.2) is 10.4 Å². The molecule has 1 aliphatic rings. The van der Waals surface area contributed by atoms with Gasteiger partial charge in [0.1, 0.15) is 12.4 Å². The summed E-state index contributed by atoms with van der Waals surface area (Å²) in [6.07, 6.45) is 3.36. The SMILES string of the molecule is Cc1nc(CCNC(=NCc2nnc(C)n2C)NCC2CCCO2)cs1.I. The molecule has 2 aromatic rings. The Bertz CT molecular complexity index is 739. The van der Waals surface area contributed by atoms with Crippen molar-refractivity contribution in [2.45, 2.75) is 45.8 Å². The minimum atomic E-state index is 0. The maximum absolute atomic E-state index is 5.68. The van der Waals surface area contributed by atoms with Gasteiger partial charge in [0.15, 0.2) is 11.8 Å². The van der Waals surface area contributed by atoms with Crippen molar-refractivity contribution >= 4 is 41.3 Å². The second-order valence-corrected chi connectivity index (χ2v) is 7.50. The summed E-state index contributed by atoms with van der Waals surface area (Å²) in [4.78, 5) is 9.16. The Labute approximate surface area is 181 Å². The van der Waals surface area contributed by atoms with Crippen LogP contribution in [-0.4, -0.2) is 51.5 Å². The number of hydrogen-bond donors (Lipinski definition) is 2. The van der Waals surface area contributed by atoms with Crippen LogP contribution in [0.4, 0.5) is 0 Å². The van der Waals surface area contributed by atoms with Gasteiger partial charge < -0.3 is 19.9 Å². The van der Waals surface area contributed by atoms with Crippen molar-refractivity contribution in [3.05, 3.63) is 27.7 Å². The number of guanidine groups is 1. The van der Waals surface area contributed by atoms with Gasteiger partial charge in [0.2, 0.25) is 0 Å². The molecule has 10 heteroatoms. The van der Waals surface area contributed by atoms with E-state index in [9.17, 15) is 0 Å². The Morgan fingerprint density at radius 2 is 2.22 bits per heavy atom. The first-order valence-corrected chi connectivity index (χ1v) is 9.89. The number of nitrogens with one attached hydrogen (secondary N) is 2. The van der Waals surface area contributed by atoms with Gasteiger partial charge in [0.05, 0.1) is 16.8 Å². The lowest BCUT2D eigenvalue weighted by Crippen LogP contribution is -2.42. The van der Waals surface area contributed by atoms with Crippen molar-refractivity contribution < 1.29 is 4.74 Å². The van der Waals surface area contributed by atoms with Crippen molar-refractivity contribution in [2.75, 3.05) is 19.7 Å². The maximum Gasteiger partial charge on any atom is 0.191 e. The zero-order valence-corrected chi connectivity index (χ0v) is 19.2. The molecule has 3 heterocycles. The summed E-state index contributed by atoms with van der Waals surface area (Å²) in [6, 6.07) is 0. The molecule has 0 saturated carbocycles. The second kappa shape index (κ2) is 10.9. The summed E-state index contributed by atoms with van der Waals surface area (Å²) >= 11 is 1.68. The standard InChI is InChI=1S/C17H27N7OS.HI/c1-12-22-23-16(24(12)3)10-20-17(19-9-15-5-4-8-25-15)18-7-6-14-11-26-13(2)21-14;/h11,15H,4-10H2,1-3H3,(H2,18,19,20);1H. The summed E-state index contributed by atoms with van der Waals surface area (Å²) in [5, 5.41) is 18.2. The summed E-state index contributed by atoms with van der Waals surface area (Å²) in [5.41, 5.74) is 1.11. The van der Waals surface area contributed by atoms with Crippen LogP contribution in [0.5, 0.6) is 0 Å². The maximum atomic E-state index is 5.68. The number of aryl methyl sites for hydroxylation is 2. The second-order valence-electron chi connectivity index (χ2n) is 6.44. The predicted molar refractivity (Wildman–Crippen MR) is 118 cm³/mol. The van der Waals surface area contributed by atoms with E-state index >= 15 is 0 Å². The number of aliphatic imine (C=N–C) groups is 1. The number of rotatable bonds is 7. The first-order chi connectivity index (χ1) is 12.6. The largest absolute Gasteiger partial charge is 0.376 e. The number of halogens is 1. The Morgan fingerprint density at radius 1 is 1.37 bits per heavy atom. The number of aromatic nitrogens is 4. The molecule has 0 aromatic carbocycles. The molecule has 2 aromatic heterocycles. The van der Waals surface area contributed by atoms with E-state index in [0.717, 1.165) is 67.3 Å². The molecule has 0 spiro atoms. The summed E-state index contributed by atoms with van der Waals surface area (Å²) < 4.78 is 7.64. The van der Waals surface area contributed by atoms with Gasteiger partial charge in [-0.2, -0.15) is 0 Å². The van der Waals surface area contributed by atoms with E-state index in [2.05, 4.69) is 36.2 Å². The monoisotopic (exact) mass is 505 g/mol. The molecule has 0 amide bonds. The minimum absolute atomic E-state index is 0. The lowest BCUT2D eigenvalue weighted by atomic mass is 10.2. The van der Waals surface area contributed by atoms with Crippen molar-refractivity contribution in [1.29, 1.82) is 0 Å². The van der Waals surface area contributed by atoms with Gasteiger partial charge in [0, 0.05) is 38.5 Å². The highest BCUT2D eigenvalue weighted by atomic mass is 127. The van der Waals surface area contributed by atoms with Crippen LogP contribution in [0.1, 0.15) is 35.2 Å². The molecule has 1 unspecified atom stereocenters. The molecule has 150 valence electrons. The van der Waals surface area contributed by atoms with Crippen LogP contribution in [0, 0.1) is 13.8 Å². The zero-order chi connectivity index (χ0) is 18.4. The van der Waals surface area contributed by atoms with Gasteiger partial charge >= 0.3 is 0 Å². The number of thiazole rings is 1. The first kappa shape index (κ1) is 22.0. The van der Waals surface area contributed by atoms with E-state index in [4.69, 9.17) is 4.74 Å². The molecule has 1 atom stereocenters. The highest BCUT2D eigenvalue weighted by Gasteiger charge is 2.15. The first-order valence-electron chi connectivity index (χ1n) is 9.01. The Morgan fingerprint density at radius 3 is 2.85 bits per heavy atom. The summed E-state index contributed by atoms with van der Waals surface area (Å²) in [7, 11) is 1.96. The van der Waals surface area contributed by atoms with E-state index in [1.165, 1.54) is 0 Å². The fraction of sp³-hybridized carbons (Fsp3) is 0.647.